The first-order valence-corrected chi connectivity index (χ1v) is 7.43. The topological polar surface area (TPSA) is 41.1 Å². The normalized spacial score (nSPS) is 31.5. The van der Waals surface area contributed by atoms with Gasteiger partial charge in [0.2, 0.25) is 0 Å². The highest BCUT2D eigenvalue weighted by atomic mass is 16.1. The van der Waals surface area contributed by atoms with Gasteiger partial charge in [-0.25, -0.2) is 0 Å². The Morgan fingerprint density at radius 3 is 2.84 bits per heavy atom. The van der Waals surface area contributed by atoms with Crippen LogP contribution in [0.2, 0.25) is 0 Å². The molecule has 1 amide bonds. The zero-order chi connectivity index (χ0) is 12.8. The first-order chi connectivity index (χ1) is 9.29. The molecule has 2 N–H and O–H groups in total. The van der Waals surface area contributed by atoms with Gasteiger partial charge < -0.3 is 10.6 Å². The first-order valence-electron chi connectivity index (χ1n) is 7.43. The number of rotatable bonds is 2. The summed E-state index contributed by atoms with van der Waals surface area (Å²) < 4.78 is 0. The monoisotopic (exact) mass is 256 g/mol. The Hall–Kier alpha value is -1.35. The molecule has 0 aromatic heterocycles. The minimum absolute atomic E-state index is 0.118. The summed E-state index contributed by atoms with van der Waals surface area (Å²) in [4.78, 5) is 12.3. The van der Waals surface area contributed by atoms with E-state index in [4.69, 9.17) is 0 Å². The maximum atomic E-state index is 12.3. The summed E-state index contributed by atoms with van der Waals surface area (Å²) >= 11 is 0. The summed E-state index contributed by atoms with van der Waals surface area (Å²) in [6.07, 6.45) is 5.22. The highest BCUT2D eigenvalue weighted by molar-refractivity contribution is 5.94. The minimum atomic E-state index is 0.118. The van der Waals surface area contributed by atoms with Crippen LogP contribution in [0.5, 0.6) is 0 Å². The van der Waals surface area contributed by atoms with E-state index in [-0.39, 0.29) is 5.91 Å². The number of hydrogen-bond donors (Lipinski definition) is 2. The lowest BCUT2D eigenvalue weighted by molar-refractivity contribution is 0.0923. The Kier molecular flexibility index (Phi) is 2.62. The van der Waals surface area contributed by atoms with Gasteiger partial charge in [-0.3, -0.25) is 4.79 Å². The van der Waals surface area contributed by atoms with Crippen molar-refractivity contribution in [3.8, 4) is 0 Å². The Balaban J connectivity index is 1.48. The van der Waals surface area contributed by atoms with Crippen LogP contribution in [0.15, 0.2) is 18.2 Å². The van der Waals surface area contributed by atoms with Gasteiger partial charge in [-0.15, -0.1) is 0 Å². The van der Waals surface area contributed by atoms with Gasteiger partial charge in [0.1, 0.15) is 0 Å². The molecule has 0 spiro atoms. The third-order valence-electron chi connectivity index (χ3n) is 5.15. The van der Waals surface area contributed by atoms with E-state index < -0.39 is 0 Å². The molecule has 4 rings (SSSR count). The van der Waals surface area contributed by atoms with E-state index in [9.17, 15) is 4.79 Å². The van der Waals surface area contributed by atoms with Crippen molar-refractivity contribution >= 4 is 5.91 Å². The maximum absolute atomic E-state index is 12.3. The van der Waals surface area contributed by atoms with E-state index in [0.717, 1.165) is 30.5 Å². The zero-order valence-corrected chi connectivity index (χ0v) is 11.1. The molecule has 1 aromatic rings. The quantitative estimate of drug-likeness (QED) is 0.852. The molecule has 3 aliphatic rings. The average molecular weight is 256 g/mol. The molecule has 0 radical (unpaired) electrons. The molecular formula is C16H20N2O. The molecule has 2 bridgehead atoms. The molecule has 100 valence electrons. The van der Waals surface area contributed by atoms with Gasteiger partial charge >= 0.3 is 0 Å². The van der Waals surface area contributed by atoms with Gasteiger partial charge in [-0.2, -0.15) is 0 Å². The third-order valence-corrected chi connectivity index (χ3v) is 5.15. The van der Waals surface area contributed by atoms with Crippen LogP contribution in [0.1, 0.15) is 47.2 Å². The Morgan fingerprint density at radius 2 is 2.05 bits per heavy atom. The molecule has 2 saturated carbocycles. The van der Waals surface area contributed by atoms with Crippen molar-refractivity contribution in [1.29, 1.82) is 0 Å². The number of nitrogens with one attached hydrogen (secondary N) is 2. The van der Waals surface area contributed by atoms with Crippen LogP contribution >= 0.6 is 0 Å². The van der Waals surface area contributed by atoms with E-state index in [0.29, 0.717) is 6.04 Å². The van der Waals surface area contributed by atoms with Gasteiger partial charge in [-0.05, 0) is 54.4 Å². The van der Waals surface area contributed by atoms with Crippen LogP contribution in [-0.2, 0) is 13.1 Å². The fraction of sp³-hybridized carbons (Fsp3) is 0.562. The van der Waals surface area contributed by atoms with E-state index in [1.165, 1.54) is 36.8 Å². The molecule has 1 heterocycles. The van der Waals surface area contributed by atoms with Crippen LogP contribution in [0.4, 0.5) is 0 Å². The number of amides is 1. The molecule has 3 unspecified atom stereocenters. The fourth-order valence-electron chi connectivity index (χ4n) is 4.11. The summed E-state index contributed by atoms with van der Waals surface area (Å²) in [6, 6.07) is 6.54. The molecular weight excluding hydrogens is 236 g/mol. The van der Waals surface area contributed by atoms with Gasteiger partial charge in [0, 0.05) is 24.7 Å². The second kappa shape index (κ2) is 4.34. The average Bonchev–Trinajstić information content (AvgIpc) is 3.13. The number of carbonyl (C=O) groups is 1. The standard InChI is InChI=1S/C16H20N2O/c19-16(18-15-6-10-1-2-11(15)5-10)12-3-4-13-8-17-9-14(13)7-12/h3-4,7,10-11,15,17H,1-2,5-6,8-9H2,(H,18,19). The molecule has 2 aliphatic carbocycles. The SMILES string of the molecule is O=C(NC1CC2CCC1C2)c1ccc2c(c1)CNC2. The van der Waals surface area contributed by atoms with Crippen LogP contribution < -0.4 is 10.6 Å². The zero-order valence-electron chi connectivity index (χ0n) is 11.1. The number of hydrogen-bond acceptors (Lipinski definition) is 2. The van der Waals surface area contributed by atoms with Crippen LogP contribution in [0, 0.1) is 11.8 Å². The molecule has 2 fully saturated rings. The lowest BCUT2D eigenvalue weighted by Crippen LogP contribution is -2.38. The second-order valence-electron chi connectivity index (χ2n) is 6.34. The predicted octanol–water partition coefficient (Wildman–Crippen LogP) is 2.21. The molecule has 1 aliphatic heterocycles. The van der Waals surface area contributed by atoms with Crippen LogP contribution in [0.3, 0.4) is 0 Å². The second-order valence-corrected chi connectivity index (χ2v) is 6.34. The Morgan fingerprint density at radius 1 is 1.16 bits per heavy atom. The molecule has 3 heteroatoms. The molecule has 1 aromatic carbocycles. The van der Waals surface area contributed by atoms with Crippen LogP contribution in [0.25, 0.3) is 0 Å². The van der Waals surface area contributed by atoms with E-state index in [2.05, 4.69) is 22.8 Å². The summed E-state index contributed by atoms with van der Waals surface area (Å²) in [7, 11) is 0. The third kappa shape index (κ3) is 1.96. The summed E-state index contributed by atoms with van der Waals surface area (Å²) in [6.45, 7) is 1.83. The smallest absolute Gasteiger partial charge is 0.251 e. The van der Waals surface area contributed by atoms with Crippen LogP contribution in [-0.4, -0.2) is 11.9 Å². The molecule has 3 nitrogen and oxygen atoms in total. The van der Waals surface area contributed by atoms with E-state index in [1.54, 1.807) is 0 Å². The molecule has 0 saturated heterocycles. The van der Waals surface area contributed by atoms with Gasteiger partial charge in [0.05, 0.1) is 0 Å². The summed E-state index contributed by atoms with van der Waals surface area (Å²) in [5.41, 5.74) is 3.43. The lowest BCUT2D eigenvalue weighted by Gasteiger charge is -2.23. The van der Waals surface area contributed by atoms with Crippen molar-refractivity contribution < 1.29 is 4.79 Å². The fourth-order valence-corrected chi connectivity index (χ4v) is 4.11. The number of carbonyl (C=O) groups excluding carboxylic acids is 1. The number of fused-ring (bicyclic) bond motifs is 3. The maximum Gasteiger partial charge on any atom is 0.251 e. The number of benzene rings is 1. The van der Waals surface area contributed by atoms with Gasteiger partial charge in [0.15, 0.2) is 0 Å². The molecule has 19 heavy (non-hydrogen) atoms. The van der Waals surface area contributed by atoms with Gasteiger partial charge in [0.25, 0.3) is 5.91 Å². The van der Waals surface area contributed by atoms with Crippen molar-refractivity contribution in [3.63, 3.8) is 0 Å². The summed E-state index contributed by atoms with van der Waals surface area (Å²) in [5, 5.41) is 6.58. The minimum Gasteiger partial charge on any atom is -0.349 e. The van der Waals surface area contributed by atoms with Crippen molar-refractivity contribution in [2.45, 2.75) is 44.8 Å². The van der Waals surface area contributed by atoms with E-state index >= 15 is 0 Å². The predicted molar refractivity (Wildman–Crippen MR) is 73.7 cm³/mol. The highest BCUT2D eigenvalue weighted by Gasteiger charge is 2.40. The van der Waals surface area contributed by atoms with Crippen molar-refractivity contribution in [2.24, 2.45) is 11.8 Å². The first kappa shape index (κ1) is 11.5. The molecule has 3 atom stereocenters. The highest BCUT2D eigenvalue weighted by Crippen LogP contribution is 2.44. The largest absolute Gasteiger partial charge is 0.349 e. The Labute approximate surface area is 113 Å². The van der Waals surface area contributed by atoms with Crippen molar-refractivity contribution in [1.82, 2.24) is 10.6 Å². The van der Waals surface area contributed by atoms with Crippen molar-refractivity contribution in [2.75, 3.05) is 0 Å². The van der Waals surface area contributed by atoms with Gasteiger partial charge in [-0.1, -0.05) is 12.5 Å². The summed E-state index contributed by atoms with van der Waals surface area (Å²) in [5.74, 6) is 1.73. The van der Waals surface area contributed by atoms with Crippen molar-refractivity contribution in [3.05, 3.63) is 34.9 Å². The lowest BCUT2D eigenvalue weighted by atomic mass is 9.95. The van der Waals surface area contributed by atoms with E-state index in [1.807, 2.05) is 6.07 Å². The Bertz CT molecular complexity index is 525.